The standard InChI is InChI=1S/C15H19N3O4/c1-17-9-12(8-16)7-13(14(19)20)18-15(21)22-10-11-5-3-2-4-6-11/h2-6,8-9,13H,7,10,16H2,1H3,(H,18,21)(H,19,20)/b12-8-,17-9?. The highest BCUT2D eigenvalue weighted by atomic mass is 16.5. The van der Waals surface area contributed by atoms with E-state index in [1.807, 2.05) is 18.2 Å². The monoisotopic (exact) mass is 305 g/mol. The van der Waals surface area contributed by atoms with Gasteiger partial charge in [-0.1, -0.05) is 30.3 Å². The highest BCUT2D eigenvalue weighted by Gasteiger charge is 2.21. The van der Waals surface area contributed by atoms with Gasteiger partial charge >= 0.3 is 12.1 Å². The molecule has 0 fully saturated rings. The average molecular weight is 305 g/mol. The molecule has 0 saturated heterocycles. The molecule has 0 aliphatic carbocycles. The minimum Gasteiger partial charge on any atom is -0.480 e. The molecule has 0 radical (unpaired) electrons. The van der Waals surface area contributed by atoms with E-state index in [-0.39, 0.29) is 13.0 Å². The third kappa shape index (κ3) is 6.08. The van der Waals surface area contributed by atoms with Crippen molar-refractivity contribution in [2.75, 3.05) is 7.05 Å². The Labute approximate surface area is 128 Å². The maximum Gasteiger partial charge on any atom is 0.408 e. The van der Waals surface area contributed by atoms with Gasteiger partial charge < -0.3 is 20.9 Å². The number of hydrogen-bond acceptors (Lipinski definition) is 5. The fourth-order valence-corrected chi connectivity index (χ4v) is 1.67. The highest BCUT2D eigenvalue weighted by molar-refractivity contribution is 5.84. The molecule has 0 bridgehead atoms. The number of benzene rings is 1. The lowest BCUT2D eigenvalue weighted by atomic mass is 10.1. The van der Waals surface area contributed by atoms with Crippen molar-refractivity contribution in [1.82, 2.24) is 5.32 Å². The molecule has 4 N–H and O–H groups in total. The summed E-state index contributed by atoms with van der Waals surface area (Å²) in [6, 6.07) is 7.94. The Morgan fingerprint density at radius 3 is 2.64 bits per heavy atom. The summed E-state index contributed by atoms with van der Waals surface area (Å²) in [5.41, 5.74) is 6.69. The summed E-state index contributed by atoms with van der Waals surface area (Å²) < 4.78 is 4.99. The Morgan fingerprint density at radius 2 is 2.09 bits per heavy atom. The largest absolute Gasteiger partial charge is 0.480 e. The number of nitrogens with one attached hydrogen (secondary N) is 1. The van der Waals surface area contributed by atoms with Crippen molar-refractivity contribution in [1.29, 1.82) is 0 Å². The van der Waals surface area contributed by atoms with Crippen LogP contribution in [0.25, 0.3) is 0 Å². The topological polar surface area (TPSA) is 114 Å². The molecule has 22 heavy (non-hydrogen) atoms. The number of carbonyl (C=O) groups excluding carboxylic acids is 1. The lowest BCUT2D eigenvalue weighted by molar-refractivity contribution is -0.139. The quantitative estimate of drug-likeness (QED) is 0.657. The molecular formula is C15H19N3O4. The molecule has 0 aliphatic rings. The summed E-state index contributed by atoms with van der Waals surface area (Å²) in [5.74, 6) is -1.18. The van der Waals surface area contributed by atoms with E-state index in [9.17, 15) is 9.59 Å². The van der Waals surface area contributed by atoms with Crippen LogP contribution in [0.1, 0.15) is 12.0 Å². The normalized spacial score (nSPS) is 12.9. The molecule has 0 aliphatic heterocycles. The first-order valence-electron chi connectivity index (χ1n) is 6.59. The minimum absolute atomic E-state index is 0.0175. The molecule has 7 heteroatoms. The maximum atomic E-state index is 11.7. The molecule has 1 atom stereocenters. The molecule has 1 rings (SSSR count). The molecule has 118 valence electrons. The number of carboxylic acids is 1. The fraction of sp³-hybridized carbons (Fsp3) is 0.267. The number of aliphatic carboxylic acids is 1. The van der Waals surface area contributed by atoms with E-state index >= 15 is 0 Å². The Morgan fingerprint density at radius 1 is 1.41 bits per heavy atom. The zero-order valence-electron chi connectivity index (χ0n) is 12.2. The zero-order valence-corrected chi connectivity index (χ0v) is 12.2. The van der Waals surface area contributed by atoms with E-state index in [0.29, 0.717) is 5.57 Å². The molecule has 0 aromatic heterocycles. The predicted octanol–water partition coefficient (Wildman–Crippen LogP) is 1.30. The number of alkyl carbamates (subject to hydrolysis) is 1. The van der Waals surface area contributed by atoms with Crippen LogP contribution in [-0.4, -0.2) is 36.5 Å². The van der Waals surface area contributed by atoms with Gasteiger partial charge in [0.15, 0.2) is 0 Å². The lowest BCUT2D eigenvalue weighted by Gasteiger charge is -2.14. The SMILES string of the molecule is CN=C/C(=C\N)CC(NC(=O)OCc1ccccc1)C(=O)O. The molecule has 0 heterocycles. The van der Waals surface area contributed by atoms with Gasteiger partial charge in [-0.3, -0.25) is 4.99 Å². The Balaban J connectivity index is 2.55. The third-order valence-electron chi connectivity index (χ3n) is 2.75. The highest BCUT2D eigenvalue weighted by Crippen LogP contribution is 2.05. The van der Waals surface area contributed by atoms with Gasteiger partial charge in [-0.2, -0.15) is 0 Å². The molecule has 1 aromatic rings. The van der Waals surface area contributed by atoms with E-state index in [0.717, 1.165) is 5.56 Å². The Kier molecular flexibility index (Phi) is 7.18. The molecule has 7 nitrogen and oxygen atoms in total. The molecular weight excluding hydrogens is 286 g/mol. The minimum atomic E-state index is -1.18. The van der Waals surface area contributed by atoms with Crippen LogP contribution in [0.15, 0.2) is 47.1 Å². The molecule has 1 aromatic carbocycles. The van der Waals surface area contributed by atoms with Gasteiger partial charge in [-0.15, -0.1) is 0 Å². The van der Waals surface area contributed by atoms with Gasteiger partial charge in [0, 0.05) is 19.7 Å². The molecule has 0 saturated carbocycles. The van der Waals surface area contributed by atoms with Crippen LogP contribution in [0.5, 0.6) is 0 Å². The maximum absolute atomic E-state index is 11.7. The van der Waals surface area contributed by atoms with Gasteiger partial charge in [-0.25, -0.2) is 9.59 Å². The summed E-state index contributed by atoms with van der Waals surface area (Å²) in [7, 11) is 1.54. The molecule has 0 spiro atoms. The number of carbonyl (C=O) groups is 2. The number of amides is 1. The summed E-state index contributed by atoms with van der Waals surface area (Å²) in [6.07, 6.45) is 1.90. The van der Waals surface area contributed by atoms with Crippen LogP contribution in [0.3, 0.4) is 0 Å². The number of nitrogens with two attached hydrogens (primary N) is 1. The first kappa shape index (κ1) is 17.2. The number of hydrogen-bond donors (Lipinski definition) is 3. The number of carboxylic acid groups (broad SMARTS) is 1. The van der Waals surface area contributed by atoms with Gasteiger partial charge in [0.05, 0.1) is 0 Å². The molecule has 1 unspecified atom stereocenters. The number of ether oxygens (including phenoxy) is 1. The Bertz CT molecular complexity index is 555. The predicted molar refractivity (Wildman–Crippen MR) is 82.5 cm³/mol. The van der Waals surface area contributed by atoms with Crippen LogP contribution >= 0.6 is 0 Å². The Hall–Kier alpha value is -2.83. The van der Waals surface area contributed by atoms with Crippen LogP contribution in [-0.2, 0) is 16.1 Å². The third-order valence-corrected chi connectivity index (χ3v) is 2.75. The summed E-state index contributed by atoms with van der Waals surface area (Å²) in [5, 5.41) is 11.4. The van der Waals surface area contributed by atoms with Gasteiger partial charge in [0.25, 0.3) is 0 Å². The van der Waals surface area contributed by atoms with E-state index < -0.39 is 18.1 Å². The summed E-state index contributed by atoms with van der Waals surface area (Å²) in [6.45, 7) is 0.0645. The van der Waals surface area contributed by atoms with E-state index in [4.69, 9.17) is 15.6 Å². The first-order chi connectivity index (χ1) is 10.6. The van der Waals surface area contributed by atoms with E-state index in [2.05, 4.69) is 10.3 Å². The second-order valence-electron chi connectivity index (χ2n) is 4.43. The van der Waals surface area contributed by atoms with Crippen LogP contribution in [0, 0.1) is 0 Å². The average Bonchev–Trinajstić information content (AvgIpc) is 2.52. The van der Waals surface area contributed by atoms with Crippen molar-refractivity contribution in [3.63, 3.8) is 0 Å². The van der Waals surface area contributed by atoms with Crippen molar-refractivity contribution in [3.05, 3.63) is 47.7 Å². The van der Waals surface area contributed by atoms with Crippen molar-refractivity contribution in [3.8, 4) is 0 Å². The van der Waals surface area contributed by atoms with Crippen LogP contribution in [0.2, 0.25) is 0 Å². The zero-order chi connectivity index (χ0) is 16.4. The summed E-state index contributed by atoms with van der Waals surface area (Å²) >= 11 is 0. The van der Waals surface area contributed by atoms with Crippen LogP contribution in [0.4, 0.5) is 4.79 Å². The van der Waals surface area contributed by atoms with Crippen molar-refractivity contribution in [2.45, 2.75) is 19.1 Å². The number of aliphatic imine (C=N–C) groups is 1. The molecule has 1 amide bonds. The second-order valence-corrected chi connectivity index (χ2v) is 4.43. The van der Waals surface area contributed by atoms with Crippen molar-refractivity contribution < 1.29 is 19.4 Å². The van der Waals surface area contributed by atoms with Crippen molar-refractivity contribution >= 4 is 18.3 Å². The second kappa shape index (κ2) is 9.17. The van der Waals surface area contributed by atoms with Crippen molar-refractivity contribution in [2.24, 2.45) is 10.7 Å². The van der Waals surface area contributed by atoms with E-state index in [1.165, 1.54) is 12.4 Å². The first-order valence-corrected chi connectivity index (χ1v) is 6.59. The summed E-state index contributed by atoms with van der Waals surface area (Å²) in [4.78, 5) is 26.6. The number of rotatable bonds is 7. The fourth-order valence-electron chi connectivity index (χ4n) is 1.67. The number of nitrogens with zero attached hydrogens (tertiary/aromatic N) is 1. The van der Waals surface area contributed by atoms with Crippen LogP contribution < -0.4 is 11.1 Å². The van der Waals surface area contributed by atoms with Gasteiger partial charge in [-0.05, 0) is 17.3 Å². The smallest absolute Gasteiger partial charge is 0.408 e. The lowest BCUT2D eigenvalue weighted by Crippen LogP contribution is -2.41. The van der Waals surface area contributed by atoms with E-state index in [1.54, 1.807) is 19.2 Å². The van der Waals surface area contributed by atoms with Gasteiger partial charge in [0.2, 0.25) is 0 Å². The van der Waals surface area contributed by atoms with Gasteiger partial charge in [0.1, 0.15) is 12.6 Å².